The summed E-state index contributed by atoms with van der Waals surface area (Å²) in [5, 5.41) is 28.8. The quantitative estimate of drug-likeness (QED) is 0.298. The maximum atomic E-state index is 8.24. The monoisotopic (exact) mass is 208 g/mol. The summed E-state index contributed by atoms with van der Waals surface area (Å²) < 4.78 is 0. The van der Waals surface area contributed by atoms with Crippen LogP contribution in [0.5, 0.6) is 0 Å². The third kappa shape index (κ3) is 3550. The Morgan fingerprint density at radius 1 is 0.909 bits per heavy atom. The van der Waals surface area contributed by atoms with E-state index in [1.807, 2.05) is 0 Å². The van der Waals surface area contributed by atoms with Crippen molar-refractivity contribution in [2.24, 2.45) is 0 Å². The fraction of sp³-hybridized carbons (Fsp3) is 0.500. The second-order valence-electron chi connectivity index (χ2n) is 0.630. The minimum atomic E-state index is -0.125. The van der Waals surface area contributed by atoms with Crippen LogP contribution in [0.3, 0.4) is 0 Å². The normalized spacial score (nSPS) is 4.91. The Hall–Kier alpha value is -0.621. The number of rotatable bonds is 1. The molecule has 0 radical (unpaired) electrons. The van der Waals surface area contributed by atoms with Gasteiger partial charge in [-0.3, -0.25) is 0 Å². The molecule has 0 heterocycles. The van der Waals surface area contributed by atoms with Gasteiger partial charge in [-0.2, -0.15) is 0 Å². The first-order valence-corrected chi connectivity index (χ1v) is 1.99. The molecule has 0 aromatic carbocycles. The summed E-state index contributed by atoms with van der Waals surface area (Å²) in [5.74, 6) is 0. The van der Waals surface area contributed by atoms with E-state index in [2.05, 4.69) is 0 Å². The van der Waals surface area contributed by atoms with Crippen LogP contribution in [-0.4, -0.2) is 46.6 Å². The molecule has 0 aliphatic rings. The maximum absolute atomic E-state index is 8.24. The minimum absolute atomic E-state index is 0. The van der Waals surface area contributed by atoms with Crippen LogP contribution in [0.4, 0.5) is 0 Å². The Kier molecular flexibility index (Phi) is 118. The molecule has 0 spiro atoms. The van der Waals surface area contributed by atoms with Crippen LogP contribution in [0.15, 0.2) is 0 Å². The smallest absolute Gasteiger partial charge is 0.665 e. The van der Waals surface area contributed by atoms with Crippen molar-refractivity contribution in [1.82, 2.24) is 0 Å². The van der Waals surface area contributed by atoms with Gasteiger partial charge in [-0.05, 0) is 0 Å². The van der Waals surface area contributed by atoms with E-state index < -0.39 is 0 Å². The van der Waals surface area contributed by atoms with Crippen LogP contribution >= 0.6 is 0 Å². The van der Waals surface area contributed by atoms with Crippen molar-refractivity contribution in [3.63, 3.8) is 0 Å². The van der Waals surface area contributed by atoms with Crippen LogP contribution in [0, 0.1) is 0 Å². The standard InChI is InChI=1S/C2H6O2.2CHO2.Fe/c3-1-2-4;2*2-1-3;/h3-4H,1-2H2;2*(H,2,3);/q;2*-1;+2. The largest absolute Gasteiger partial charge is 2.00 e. The zero-order chi connectivity index (χ0) is 8.83. The number of aliphatic hydroxyl groups is 2. The molecule has 0 aromatic rings. The van der Waals surface area contributed by atoms with Gasteiger partial charge in [0.15, 0.2) is 0 Å². The molecule has 0 aromatic heterocycles. The van der Waals surface area contributed by atoms with E-state index in [0.717, 1.165) is 0 Å². The molecule has 0 fully saturated rings. The summed E-state index contributed by atoms with van der Waals surface area (Å²) in [5.41, 5.74) is 0. The van der Waals surface area contributed by atoms with Gasteiger partial charge in [-0.25, -0.2) is 0 Å². The first-order chi connectivity index (χ1) is 4.74. The Balaban J connectivity index is -0.0000000325. The molecule has 11 heavy (non-hydrogen) atoms. The number of aliphatic hydroxyl groups excluding tert-OH is 4. The van der Waals surface area contributed by atoms with Crippen molar-refractivity contribution in [3.8, 4) is 0 Å². The van der Waals surface area contributed by atoms with Crippen molar-refractivity contribution >= 4 is 12.9 Å². The van der Waals surface area contributed by atoms with Gasteiger partial charge in [0.05, 0.1) is 13.2 Å². The molecule has 0 bridgehead atoms. The van der Waals surface area contributed by atoms with E-state index in [4.69, 9.17) is 30.0 Å². The van der Waals surface area contributed by atoms with Crippen molar-refractivity contribution < 1.29 is 47.1 Å². The average Bonchev–Trinajstić information content (AvgIpc) is 1.91. The van der Waals surface area contributed by atoms with Gasteiger partial charge in [-0.1, -0.05) is 12.9 Å². The molecule has 68 valence electrons. The van der Waals surface area contributed by atoms with Gasteiger partial charge in [0, 0.05) is 0 Å². The molecule has 0 saturated heterocycles. The number of hydrogen-bond donors (Lipinski definition) is 4. The van der Waals surface area contributed by atoms with Crippen LogP contribution in [-0.2, 0) is 26.7 Å². The zero-order valence-electron chi connectivity index (χ0n) is 5.37. The van der Waals surface area contributed by atoms with Gasteiger partial charge < -0.3 is 30.0 Å². The molecule has 0 atom stereocenters. The average molecular weight is 208 g/mol. The first-order valence-electron chi connectivity index (χ1n) is 1.99. The molecule has 0 aliphatic carbocycles. The van der Waals surface area contributed by atoms with Crippen LogP contribution < -0.4 is 0 Å². The summed E-state index contributed by atoms with van der Waals surface area (Å²) in [4.78, 5) is 16.5. The van der Waals surface area contributed by atoms with Crippen molar-refractivity contribution in [1.29, 1.82) is 0 Å². The van der Waals surface area contributed by atoms with Gasteiger partial charge in [0.25, 0.3) is 0 Å². The number of hydrogen-bond acceptors (Lipinski definition) is 4. The molecule has 0 amide bonds. The van der Waals surface area contributed by atoms with Gasteiger partial charge >= 0.3 is 17.1 Å². The Morgan fingerprint density at radius 3 is 1.00 bits per heavy atom. The van der Waals surface area contributed by atoms with E-state index in [1.54, 1.807) is 0 Å². The Labute approximate surface area is 73.9 Å². The topological polar surface area (TPSA) is 115 Å². The molecule has 0 unspecified atom stereocenters. The zero-order valence-corrected chi connectivity index (χ0v) is 6.48. The molecule has 0 rings (SSSR count). The molecule has 0 aliphatic heterocycles. The first kappa shape index (κ1) is 22.4. The van der Waals surface area contributed by atoms with E-state index >= 15 is 0 Å². The summed E-state index contributed by atoms with van der Waals surface area (Å²) in [6, 6.07) is 0. The third-order valence-electron chi connectivity index (χ3n) is 0.1000. The van der Waals surface area contributed by atoms with E-state index in [1.165, 1.54) is 0 Å². The fourth-order valence-electron chi connectivity index (χ4n) is 0. The third-order valence-corrected chi connectivity index (χ3v) is 0.1000. The van der Waals surface area contributed by atoms with Crippen LogP contribution in [0.1, 0.15) is 0 Å². The van der Waals surface area contributed by atoms with Crippen LogP contribution in [0.25, 0.3) is 0 Å². The van der Waals surface area contributed by atoms with Gasteiger partial charge in [-0.15, -0.1) is 0 Å². The van der Waals surface area contributed by atoms with Crippen molar-refractivity contribution in [3.05, 3.63) is 0 Å². The van der Waals surface area contributed by atoms with Crippen molar-refractivity contribution in [2.45, 2.75) is 0 Å². The predicted octanol–water partition coefficient (Wildman–Crippen LogP) is -1.81. The second kappa shape index (κ2) is 57.7. The Morgan fingerprint density at radius 2 is 1.00 bits per heavy atom. The molecule has 6 nitrogen and oxygen atoms in total. The van der Waals surface area contributed by atoms with E-state index in [-0.39, 0.29) is 30.3 Å². The SMILES string of the molecule is O=[C-]O.O=[C-]O.OCCO.[Fe+2]. The summed E-state index contributed by atoms with van der Waals surface area (Å²) in [7, 11) is 0. The second-order valence-corrected chi connectivity index (χ2v) is 0.630. The van der Waals surface area contributed by atoms with E-state index in [0.29, 0.717) is 12.9 Å². The van der Waals surface area contributed by atoms with E-state index in [9.17, 15) is 0 Å². The summed E-state index contributed by atoms with van der Waals surface area (Å²) in [6.07, 6.45) is 0. The minimum Gasteiger partial charge on any atom is -0.665 e. The molecular weight excluding hydrogens is 200 g/mol. The molecule has 4 N–H and O–H groups in total. The Bertz CT molecular complexity index is 50.5. The molecular formula is C4H8FeO6. The van der Waals surface area contributed by atoms with Crippen LogP contribution in [0.2, 0.25) is 0 Å². The van der Waals surface area contributed by atoms with Gasteiger partial charge in [0.2, 0.25) is 0 Å². The molecule has 7 heteroatoms. The van der Waals surface area contributed by atoms with Gasteiger partial charge in [0.1, 0.15) is 0 Å². The maximum Gasteiger partial charge on any atom is 2.00 e. The fourth-order valence-corrected chi connectivity index (χ4v) is 0. The van der Waals surface area contributed by atoms with Crippen molar-refractivity contribution in [2.75, 3.05) is 13.2 Å². The summed E-state index contributed by atoms with van der Waals surface area (Å²) >= 11 is 0. The molecule has 0 saturated carbocycles. The predicted molar refractivity (Wildman–Crippen MR) is 30.8 cm³/mol. The summed E-state index contributed by atoms with van der Waals surface area (Å²) in [6.45, 7) is 0.750.